The summed E-state index contributed by atoms with van der Waals surface area (Å²) in [4.78, 5) is 11.0. The third-order valence-corrected chi connectivity index (χ3v) is 5.23. The highest BCUT2D eigenvalue weighted by Crippen LogP contribution is 2.29. The number of ether oxygens (including phenoxy) is 1. The number of aromatic carboxylic acids is 1. The van der Waals surface area contributed by atoms with Gasteiger partial charge in [-0.25, -0.2) is 8.42 Å². The summed E-state index contributed by atoms with van der Waals surface area (Å²) in [5.74, 6) is -1.01. The Labute approximate surface area is 147 Å². The summed E-state index contributed by atoms with van der Waals surface area (Å²) < 4.78 is 33.6. The molecule has 0 heterocycles. The molecule has 0 aliphatic carbocycles. The minimum atomic E-state index is -3.99. The Balaban J connectivity index is 2.46. The van der Waals surface area contributed by atoms with Gasteiger partial charge < -0.3 is 14.6 Å². The molecule has 134 valence electrons. The van der Waals surface area contributed by atoms with E-state index < -0.39 is 16.0 Å². The number of para-hydroxylation sites is 2. The van der Waals surface area contributed by atoms with Crippen molar-refractivity contribution in [1.82, 2.24) is 0 Å². The van der Waals surface area contributed by atoms with Gasteiger partial charge in [0.2, 0.25) is 0 Å². The highest BCUT2D eigenvalue weighted by Gasteiger charge is 2.21. The van der Waals surface area contributed by atoms with Crippen molar-refractivity contribution < 1.29 is 23.1 Å². The van der Waals surface area contributed by atoms with E-state index in [1.54, 1.807) is 38.1 Å². The fraction of sp³-hybridized carbons (Fsp3) is 0.278. The molecule has 0 aliphatic rings. The molecule has 7 heteroatoms. The number of anilines is 1. The maximum Gasteiger partial charge on any atom is 0.262 e. The average Bonchev–Trinajstić information content (AvgIpc) is 2.55. The quantitative estimate of drug-likeness (QED) is 0.815. The third-order valence-electron chi connectivity index (χ3n) is 3.74. The summed E-state index contributed by atoms with van der Waals surface area (Å²) in [6, 6.07) is 9.19. The lowest BCUT2D eigenvalue weighted by Crippen LogP contribution is -2.24. The monoisotopic (exact) mass is 362 g/mol. The zero-order valence-electron chi connectivity index (χ0n) is 14.3. The average molecular weight is 362 g/mol. The van der Waals surface area contributed by atoms with Gasteiger partial charge in [-0.1, -0.05) is 19.1 Å². The van der Waals surface area contributed by atoms with Crippen molar-refractivity contribution in [2.24, 2.45) is 0 Å². The number of benzene rings is 2. The molecule has 2 aromatic carbocycles. The fourth-order valence-electron chi connectivity index (χ4n) is 2.31. The number of carbonyl (C=O) groups is 1. The van der Waals surface area contributed by atoms with Gasteiger partial charge in [-0.2, -0.15) is 0 Å². The number of carbonyl (C=O) groups excluding carboxylic acids is 1. The van der Waals surface area contributed by atoms with Crippen molar-refractivity contribution in [3.8, 4) is 5.75 Å². The normalized spacial score (nSPS) is 11.2. The smallest absolute Gasteiger partial charge is 0.262 e. The van der Waals surface area contributed by atoms with Crippen molar-refractivity contribution in [3.05, 3.63) is 53.1 Å². The highest BCUT2D eigenvalue weighted by molar-refractivity contribution is 7.92. The third kappa shape index (κ3) is 4.30. The predicted octanol–water partition coefficient (Wildman–Crippen LogP) is 2.26. The summed E-state index contributed by atoms with van der Waals surface area (Å²) in [6.45, 7) is 5.68. The van der Waals surface area contributed by atoms with Crippen molar-refractivity contribution in [2.75, 3.05) is 11.3 Å². The van der Waals surface area contributed by atoms with E-state index in [0.717, 1.165) is 12.5 Å². The van der Waals surface area contributed by atoms with Crippen LogP contribution in [-0.2, 0) is 10.0 Å². The Morgan fingerprint density at radius 3 is 2.52 bits per heavy atom. The van der Waals surface area contributed by atoms with Crippen LogP contribution in [0.5, 0.6) is 5.75 Å². The van der Waals surface area contributed by atoms with Crippen molar-refractivity contribution in [3.63, 3.8) is 0 Å². The molecule has 0 fully saturated rings. The Morgan fingerprint density at radius 1 is 1.20 bits per heavy atom. The molecule has 6 nitrogen and oxygen atoms in total. The number of nitrogens with one attached hydrogen (secondary N) is 1. The summed E-state index contributed by atoms with van der Waals surface area (Å²) in [5, 5.41) is 11.1. The highest BCUT2D eigenvalue weighted by atomic mass is 32.2. The van der Waals surface area contributed by atoms with Gasteiger partial charge in [0, 0.05) is 0 Å². The van der Waals surface area contributed by atoms with Gasteiger partial charge in [-0.3, -0.25) is 4.72 Å². The van der Waals surface area contributed by atoms with Gasteiger partial charge in [-0.05, 0) is 61.2 Å². The molecule has 0 spiro atoms. The van der Waals surface area contributed by atoms with E-state index >= 15 is 0 Å². The van der Waals surface area contributed by atoms with Crippen molar-refractivity contribution in [2.45, 2.75) is 32.1 Å². The molecule has 0 unspecified atom stereocenters. The lowest BCUT2D eigenvalue weighted by atomic mass is 10.1. The van der Waals surface area contributed by atoms with E-state index in [1.165, 1.54) is 6.07 Å². The van der Waals surface area contributed by atoms with E-state index in [0.29, 0.717) is 29.2 Å². The largest absolute Gasteiger partial charge is 0.545 e. The maximum absolute atomic E-state index is 12.8. The molecule has 2 rings (SSSR count). The summed E-state index contributed by atoms with van der Waals surface area (Å²) in [6.07, 6.45) is 0.785. The first-order valence-electron chi connectivity index (χ1n) is 7.83. The molecule has 25 heavy (non-hydrogen) atoms. The van der Waals surface area contributed by atoms with E-state index in [2.05, 4.69) is 4.72 Å². The molecule has 0 bridgehead atoms. The van der Waals surface area contributed by atoms with Crippen LogP contribution in [0.15, 0.2) is 41.3 Å². The van der Waals surface area contributed by atoms with Crippen molar-refractivity contribution in [1.29, 1.82) is 0 Å². The summed E-state index contributed by atoms with van der Waals surface area (Å²) >= 11 is 0. The van der Waals surface area contributed by atoms with Crippen LogP contribution in [0.4, 0.5) is 5.69 Å². The number of hydrogen-bond acceptors (Lipinski definition) is 5. The number of rotatable bonds is 7. The molecule has 0 atom stereocenters. The Hall–Kier alpha value is -2.54. The first kappa shape index (κ1) is 18.8. The van der Waals surface area contributed by atoms with Crippen LogP contribution in [0.1, 0.15) is 34.8 Å². The molecule has 1 N–H and O–H groups in total. The van der Waals surface area contributed by atoms with Crippen LogP contribution in [0.25, 0.3) is 0 Å². The lowest BCUT2D eigenvalue weighted by molar-refractivity contribution is -0.255. The Bertz CT molecular complexity index is 890. The number of hydrogen-bond donors (Lipinski definition) is 1. The van der Waals surface area contributed by atoms with Gasteiger partial charge in [0.05, 0.1) is 23.2 Å². The first-order valence-corrected chi connectivity index (χ1v) is 9.31. The van der Waals surface area contributed by atoms with E-state index in [9.17, 15) is 18.3 Å². The molecular weight excluding hydrogens is 342 g/mol. The Kier molecular flexibility index (Phi) is 5.69. The van der Waals surface area contributed by atoms with Gasteiger partial charge in [0.15, 0.2) is 0 Å². The standard InChI is InChI=1S/C18H21NO5S/c1-4-9-24-16-8-6-5-7-15(16)19-25(22,23)17-11-14(18(20)21)10-12(2)13(17)3/h5-8,10-11,19H,4,9H2,1-3H3,(H,20,21)/p-1. The molecule has 0 aliphatic heterocycles. The zero-order chi connectivity index (χ0) is 18.6. The van der Waals surface area contributed by atoms with E-state index in [4.69, 9.17) is 4.74 Å². The first-order chi connectivity index (χ1) is 11.8. The lowest BCUT2D eigenvalue weighted by Gasteiger charge is -2.16. The fourth-order valence-corrected chi connectivity index (χ4v) is 3.73. The second-order valence-electron chi connectivity index (χ2n) is 5.65. The summed E-state index contributed by atoms with van der Waals surface area (Å²) in [7, 11) is -3.99. The van der Waals surface area contributed by atoms with E-state index in [1.807, 2.05) is 6.92 Å². The topological polar surface area (TPSA) is 95.5 Å². The number of sulfonamides is 1. The molecule has 0 saturated carbocycles. The van der Waals surface area contributed by atoms with E-state index in [-0.39, 0.29) is 10.5 Å². The van der Waals surface area contributed by atoms with Gasteiger partial charge in [0.25, 0.3) is 10.0 Å². The summed E-state index contributed by atoms with van der Waals surface area (Å²) in [5.41, 5.74) is 1.15. The molecule has 0 saturated heterocycles. The van der Waals surface area contributed by atoms with Crippen LogP contribution in [0.2, 0.25) is 0 Å². The van der Waals surface area contributed by atoms with Crippen LogP contribution in [-0.4, -0.2) is 21.0 Å². The SMILES string of the molecule is CCCOc1ccccc1NS(=O)(=O)c1cc(C(=O)[O-])cc(C)c1C. The molecule has 0 aromatic heterocycles. The molecular formula is C18H20NO5S-. The van der Waals surface area contributed by atoms with Crippen molar-refractivity contribution >= 4 is 21.7 Å². The second kappa shape index (κ2) is 7.57. The van der Waals surface area contributed by atoms with Gasteiger partial charge in [-0.15, -0.1) is 0 Å². The second-order valence-corrected chi connectivity index (χ2v) is 7.30. The predicted molar refractivity (Wildman–Crippen MR) is 93.3 cm³/mol. The number of carboxylic acid groups (broad SMARTS) is 1. The number of aryl methyl sites for hydroxylation is 1. The molecule has 0 amide bonds. The molecule has 0 radical (unpaired) electrons. The minimum Gasteiger partial charge on any atom is -0.545 e. The van der Waals surface area contributed by atoms with Crippen LogP contribution in [0.3, 0.4) is 0 Å². The zero-order valence-corrected chi connectivity index (χ0v) is 15.1. The number of carboxylic acids is 1. The van der Waals surface area contributed by atoms with Crippen LogP contribution < -0.4 is 14.6 Å². The molecule has 2 aromatic rings. The minimum absolute atomic E-state index is 0.100. The van der Waals surface area contributed by atoms with Crippen LogP contribution in [0, 0.1) is 13.8 Å². The Morgan fingerprint density at radius 2 is 1.88 bits per heavy atom. The van der Waals surface area contributed by atoms with Gasteiger partial charge in [0.1, 0.15) is 5.75 Å². The van der Waals surface area contributed by atoms with Crippen LogP contribution >= 0.6 is 0 Å². The maximum atomic E-state index is 12.8. The van der Waals surface area contributed by atoms with Gasteiger partial charge >= 0.3 is 0 Å².